The van der Waals surface area contributed by atoms with Gasteiger partial charge in [-0.15, -0.1) is 0 Å². The average Bonchev–Trinajstić information content (AvgIpc) is 2.47. The Bertz CT molecular complexity index is 490. The van der Waals surface area contributed by atoms with Crippen molar-refractivity contribution in [2.45, 2.75) is 13.8 Å². The predicted molar refractivity (Wildman–Crippen MR) is 55.7 cm³/mol. The van der Waals surface area contributed by atoms with Crippen LogP contribution in [0.1, 0.15) is 12.6 Å². The van der Waals surface area contributed by atoms with Crippen LogP contribution in [-0.4, -0.2) is 10.3 Å². The lowest BCUT2D eigenvalue weighted by Crippen LogP contribution is -2.00. The normalized spacial score (nSPS) is 10.4. The highest BCUT2D eigenvalue weighted by molar-refractivity contribution is 7.13. The van der Waals surface area contributed by atoms with Gasteiger partial charge in [0.15, 0.2) is 0 Å². The van der Waals surface area contributed by atoms with Crippen LogP contribution in [0.25, 0.3) is 10.1 Å². The van der Waals surface area contributed by atoms with E-state index in [4.69, 9.17) is 4.74 Å². The number of esters is 1. The molecule has 1 aromatic heterocycles. The summed E-state index contributed by atoms with van der Waals surface area (Å²) in [4.78, 5) is 10.7. The summed E-state index contributed by atoms with van der Waals surface area (Å²) >= 11 is 1.45. The van der Waals surface area contributed by atoms with E-state index in [1.54, 1.807) is 6.07 Å². The van der Waals surface area contributed by atoms with Gasteiger partial charge in [0.05, 0.1) is 10.4 Å². The molecule has 4 heteroatoms. The van der Waals surface area contributed by atoms with E-state index in [9.17, 15) is 4.79 Å². The molecule has 3 nitrogen and oxygen atoms in total. The first-order chi connectivity index (χ1) is 6.66. The number of carbonyl (C=O) groups excluding carboxylic acids is 1. The lowest BCUT2D eigenvalue weighted by atomic mass is 10.2. The molecule has 1 aromatic carbocycles. The number of aryl methyl sites for hydroxylation is 1. The molecule has 0 radical (unpaired) electrons. The molecule has 0 saturated carbocycles. The highest BCUT2D eigenvalue weighted by Gasteiger charge is 2.04. The molecule has 0 saturated heterocycles. The first kappa shape index (κ1) is 9.15. The Kier molecular flexibility index (Phi) is 2.21. The van der Waals surface area contributed by atoms with E-state index in [0.29, 0.717) is 5.75 Å². The molecule has 0 aliphatic heterocycles. The fourth-order valence-corrected chi connectivity index (χ4v) is 2.04. The SMILES string of the molecule is CC(=O)Oc1ccc2snc(C)c2c1. The van der Waals surface area contributed by atoms with Crippen molar-refractivity contribution < 1.29 is 9.53 Å². The minimum Gasteiger partial charge on any atom is -0.427 e. The molecule has 0 N–H and O–H groups in total. The lowest BCUT2D eigenvalue weighted by Gasteiger charge is -2.00. The number of carbonyl (C=O) groups is 1. The standard InChI is InChI=1S/C10H9NO2S/c1-6-9-5-8(13-7(2)12)3-4-10(9)14-11-6/h3-5H,1-2H3. The van der Waals surface area contributed by atoms with Crippen LogP contribution in [0.3, 0.4) is 0 Å². The summed E-state index contributed by atoms with van der Waals surface area (Å²) in [6.45, 7) is 3.33. The van der Waals surface area contributed by atoms with Crippen molar-refractivity contribution in [2.75, 3.05) is 0 Å². The number of ether oxygens (including phenoxy) is 1. The molecule has 0 aliphatic carbocycles. The number of hydrogen-bond acceptors (Lipinski definition) is 4. The fourth-order valence-electron chi connectivity index (χ4n) is 1.27. The van der Waals surface area contributed by atoms with Crippen LogP contribution in [0.5, 0.6) is 5.75 Å². The predicted octanol–water partition coefficient (Wildman–Crippen LogP) is 2.53. The minimum atomic E-state index is -0.301. The number of aromatic nitrogens is 1. The van der Waals surface area contributed by atoms with Crippen LogP contribution in [-0.2, 0) is 4.79 Å². The van der Waals surface area contributed by atoms with E-state index >= 15 is 0 Å². The van der Waals surface area contributed by atoms with Gasteiger partial charge in [0, 0.05) is 12.3 Å². The third kappa shape index (κ3) is 1.61. The van der Waals surface area contributed by atoms with Gasteiger partial charge in [-0.3, -0.25) is 4.79 Å². The second-order valence-electron chi connectivity index (χ2n) is 3.02. The van der Waals surface area contributed by atoms with Gasteiger partial charge < -0.3 is 4.74 Å². The highest BCUT2D eigenvalue weighted by atomic mass is 32.1. The minimum absolute atomic E-state index is 0.301. The van der Waals surface area contributed by atoms with Crippen molar-refractivity contribution in [3.05, 3.63) is 23.9 Å². The van der Waals surface area contributed by atoms with Gasteiger partial charge in [-0.2, -0.15) is 4.37 Å². The third-order valence-corrected chi connectivity index (χ3v) is 2.80. The average molecular weight is 207 g/mol. The largest absolute Gasteiger partial charge is 0.427 e. The molecule has 2 aromatic rings. The van der Waals surface area contributed by atoms with Gasteiger partial charge in [0.1, 0.15) is 5.75 Å². The Morgan fingerprint density at radius 1 is 1.50 bits per heavy atom. The van der Waals surface area contributed by atoms with Crippen LogP contribution < -0.4 is 4.74 Å². The Balaban J connectivity index is 2.49. The summed E-state index contributed by atoms with van der Waals surface area (Å²) in [6, 6.07) is 5.54. The number of fused-ring (bicyclic) bond motifs is 1. The van der Waals surface area contributed by atoms with E-state index in [-0.39, 0.29) is 5.97 Å². The van der Waals surface area contributed by atoms with Crippen LogP contribution in [0.2, 0.25) is 0 Å². The van der Waals surface area contributed by atoms with Crippen molar-refractivity contribution in [2.24, 2.45) is 0 Å². The van der Waals surface area contributed by atoms with Gasteiger partial charge in [-0.1, -0.05) is 0 Å². The van der Waals surface area contributed by atoms with Crippen molar-refractivity contribution in [1.82, 2.24) is 4.37 Å². The van der Waals surface area contributed by atoms with E-state index in [0.717, 1.165) is 15.8 Å². The van der Waals surface area contributed by atoms with Crippen molar-refractivity contribution in [1.29, 1.82) is 0 Å². The van der Waals surface area contributed by atoms with Gasteiger partial charge in [0.25, 0.3) is 0 Å². The summed E-state index contributed by atoms with van der Waals surface area (Å²) in [5.74, 6) is 0.276. The van der Waals surface area contributed by atoms with Gasteiger partial charge in [-0.25, -0.2) is 0 Å². The first-order valence-electron chi connectivity index (χ1n) is 4.21. The molecule has 0 bridgehead atoms. The Morgan fingerprint density at radius 2 is 2.29 bits per heavy atom. The Hall–Kier alpha value is -1.42. The Morgan fingerprint density at radius 3 is 3.00 bits per heavy atom. The molecular weight excluding hydrogens is 198 g/mol. The first-order valence-corrected chi connectivity index (χ1v) is 4.98. The summed E-state index contributed by atoms with van der Waals surface area (Å²) < 4.78 is 10.3. The zero-order chi connectivity index (χ0) is 10.1. The summed E-state index contributed by atoms with van der Waals surface area (Å²) in [6.07, 6.45) is 0. The van der Waals surface area contributed by atoms with Crippen LogP contribution in [0, 0.1) is 6.92 Å². The molecule has 0 fully saturated rings. The summed E-state index contributed by atoms with van der Waals surface area (Å²) in [5, 5.41) is 1.05. The molecule has 2 rings (SSSR count). The second-order valence-corrected chi connectivity index (χ2v) is 3.82. The zero-order valence-corrected chi connectivity index (χ0v) is 8.72. The molecule has 0 amide bonds. The topological polar surface area (TPSA) is 39.2 Å². The maximum absolute atomic E-state index is 10.7. The monoisotopic (exact) mass is 207 g/mol. The number of benzene rings is 1. The molecule has 14 heavy (non-hydrogen) atoms. The highest BCUT2D eigenvalue weighted by Crippen LogP contribution is 2.26. The van der Waals surface area contributed by atoms with E-state index < -0.39 is 0 Å². The number of hydrogen-bond donors (Lipinski definition) is 0. The number of rotatable bonds is 1. The molecular formula is C10H9NO2S. The number of nitrogens with zero attached hydrogens (tertiary/aromatic N) is 1. The van der Waals surface area contributed by atoms with Crippen molar-refractivity contribution in [3.63, 3.8) is 0 Å². The third-order valence-electron chi connectivity index (χ3n) is 1.88. The van der Waals surface area contributed by atoms with Crippen molar-refractivity contribution in [3.8, 4) is 5.75 Å². The zero-order valence-electron chi connectivity index (χ0n) is 7.90. The quantitative estimate of drug-likeness (QED) is 0.533. The smallest absolute Gasteiger partial charge is 0.308 e. The van der Waals surface area contributed by atoms with Gasteiger partial charge in [-0.05, 0) is 36.7 Å². The summed E-state index contributed by atoms with van der Waals surface area (Å²) in [5.41, 5.74) is 0.971. The van der Waals surface area contributed by atoms with Crippen LogP contribution >= 0.6 is 11.5 Å². The van der Waals surface area contributed by atoms with Crippen molar-refractivity contribution >= 4 is 27.6 Å². The Labute approximate surface area is 85.5 Å². The lowest BCUT2D eigenvalue weighted by molar-refractivity contribution is -0.131. The van der Waals surface area contributed by atoms with E-state index in [2.05, 4.69) is 4.37 Å². The summed E-state index contributed by atoms with van der Waals surface area (Å²) in [7, 11) is 0. The second kappa shape index (κ2) is 3.38. The van der Waals surface area contributed by atoms with Gasteiger partial charge >= 0.3 is 5.97 Å². The molecule has 72 valence electrons. The molecule has 0 spiro atoms. The fraction of sp³-hybridized carbons (Fsp3) is 0.200. The molecule has 0 atom stereocenters. The van der Waals surface area contributed by atoms with Crippen LogP contribution in [0.4, 0.5) is 0 Å². The molecule has 1 heterocycles. The van der Waals surface area contributed by atoms with Crippen LogP contribution in [0.15, 0.2) is 18.2 Å². The maximum atomic E-state index is 10.7. The molecule has 0 unspecified atom stereocenters. The molecule has 0 aliphatic rings. The van der Waals surface area contributed by atoms with E-state index in [1.165, 1.54) is 18.5 Å². The van der Waals surface area contributed by atoms with E-state index in [1.807, 2.05) is 19.1 Å². The maximum Gasteiger partial charge on any atom is 0.308 e. The van der Waals surface area contributed by atoms with Gasteiger partial charge in [0.2, 0.25) is 0 Å².